The Kier molecular flexibility index (Phi) is 4.90. The Labute approximate surface area is 124 Å². The molecular formula is C13H17BrF3N3. The number of alkyl halides is 3. The lowest BCUT2D eigenvalue weighted by molar-refractivity contribution is -0.137. The first-order chi connectivity index (χ1) is 9.43. The highest BCUT2D eigenvalue weighted by Gasteiger charge is 2.38. The smallest absolute Gasteiger partial charge is 0.353 e. The van der Waals surface area contributed by atoms with Gasteiger partial charge in [0.15, 0.2) is 0 Å². The summed E-state index contributed by atoms with van der Waals surface area (Å²) in [5.41, 5.74) is 4.80. The minimum absolute atomic E-state index is 0.0267. The van der Waals surface area contributed by atoms with Gasteiger partial charge in [0.1, 0.15) is 5.82 Å². The zero-order valence-corrected chi connectivity index (χ0v) is 12.5. The highest BCUT2D eigenvalue weighted by atomic mass is 79.9. The molecule has 0 unspecified atom stereocenters. The highest BCUT2D eigenvalue weighted by molar-refractivity contribution is 9.10. The molecule has 20 heavy (non-hydrogen) atoms. The minimum Gasteiger partial charge on any atom is -0.353 e. The van der Waals surface area contributed by atoms with Crippen LogP contribution in [0, 0.1) is 0 Å². The Morgan fingerprint density at radius 3 is 2.60 bits per heavy atom. The van der Waals surface area contributed by atoms with Gasteiger partial charge in [-0.05, 0) is 54.2 Å². The van der Waals surface area contributed by atoms with E-state index in [2.05, 4.69) is 20.9 Å². The van der Waals surface area contributed by atoms with Crippen molar-refractivity contribution in [3.05, 3.63) is 22.3 Å². The van der Waals surface area contributed by atoms with Crippen molar-refractivity contribution < 1.29 is 13.2 Å². The molecule has 112 valence electrons. The lowest BCUT2D eigenvalue weighted by Gasteiger charge is -2.39. The van der Waals surface area contributed by atoms with Crippen molar-refractivity contribution in [3.8, 4) is 0 Å². The van der Waals surface area contributed by atoms with E-state index in [1.54, 1.807) is 4.90 Å². The van der Waals surface area contributed by atoms with Gasteiger partial charge in [0.25, 0.3) is 0 Å². The summed E-state index contributed by atoms with van der Waals surface area (Å²) < 4.78 is 39.9. The van der Waals surface area contributed by atoms with Crippen LogP contribution < -0.4 is 10.6 Å². The number of nitrogens with zero attached hydrogens (tertiary/aromatic N) is 2. The van der Waals surface area contributed by atoms with Gasteiger partial charge in [-0.2, -0.15) is 13.2 Å². The fourth-order valence-electron chi connectivity index (χ4n) is 2.29. The second-order valence-electron chi connectivity index (χ2n) is 4.94. The zero-order valence-electron chi connectivity index (χ0n) is 11.0. The Balaban J connectivity index is 2.36. The normalized spacial score (nSPS) is 16.1. The quantitative estimate of drug-likeness (QED) is 0.881. The van der Waals surface area contributed by atoms with Gasteiger partial charge in [-0.3, -0.25) is 0 Å². The molecule has 1 heterocycles. The third-order valence-electron chi connectivity index (χ3n) is 3.53. The third-order valence-corrected chi connectivity index (χ3v) is 3.96. The number of anilines is 1. The molecule has 0 atom stereocenters. The number of aromatic nitrogens is 1. The van der Waals surface area contributed by atoms with Gasteiger partial charge in [0, 0.05) is 23.3 Å². The van der Waals surface area contributed by atoms with E-state index in [1.165, 1.54) is 6.20 Å². The minimum atomic E-state index is -4.41. The molecule has 0 radical (unpaired) electrons. The van der Waals surface area contributed by atoms with E-state index < -0.39 is 11.7 Å². The second kappa shape index (κ2) is 6.30. The lowest BCUT2D eigenvalue weighted by atomic mass is 9.91. The summed E-state index contributed by atoms with van der Waals surface area (Å²) in [6.45, 7) is 0.972. The molecule has 0 saturated heterocycles. The van der Waals surface area contributed by atoms with E-state index in [1.807, 2.05) is 0 Å². The van der Waals surface area contributed by atoms with Crippen LogP contribution in [0.5, 0.6) is 0 Å². The van der Waals surface area contributed by atoms with Crippen molar-refractivity contribution in [1.29, 1.82) is 0 Å². The number of nitrogens with two attached hydrogens (primary N) is 1. The van der Waals surface area contributed by atoms with Crippen molar-refractivity contribution in [3.63, 3.8) is 0 Å². The summed E-state index contributed by atoms with van der Waals surface area (Å²) >= 11 is 3.06. The van der Waals surface area contributed by atoms with Crippen LogP contribution in [0.1, 0.15) is 31.2 Å². The molecule has 1 aliphatic rings. The van der Waals surface area contributed by atoms with Crippen LogP contribution >= 0.6 is 15.9 Å². The van der Waals surface area contributed by atoms with E-state index in [0.29, 0.717) is 24.0 Å². The summed E-state index contributed by atoms with van der Waals surface area (Å²) in [5.74, 6) is 0.0267. The van der Waals surface area contributed by atoms with Gasteiger partial charge < -0.3 is 10.6 Å². The molecule has 3 nitrogen and oxygen atoms in total. The van der Waals surface area contributed by atoms with E-state index in [0.717, 1.165) is 25.3 Å². The van der Waals surface area contributed by atoms with Gasteiger partial charge in [-0.15, -0.1) is 0 Å². The first-order valence-corrected chi connectivity index (χ1v) is 7.42. The Bertz CT molecular complexity index is 461. The predicted octanol–water partition coefficient (Wildman–Crippen LogP) is 3.57. The van der Waals surface area contributed by atoms with Crippen molar-refractivity contribution >= 4 is 21.7 Å². The fourth-order valence-corrected chi connectivity index (χ4v) is 2.62. The molecule has 0 aliphatic heterocycles. The van der Waals surface area contributed by atoms with Crippen molar-refractivity contribution in [1.82, 2.24) is 4.98 Å². The molecule has 1 aromatic heterocycles. The number of hydrogen-bond acceptors (Lipinski definition) is 3. The maximum atomic E-state index is 13.2. The molecule has 7 heteroatoms. The van der Waals surface area contributed by atoms with E-state index in [-0.39, 0.29) is 11.9 Å². The molecule has 0 amide bonds. The largest absolute Gasteiger partial charge is 0.419 e. The molecule has 0 bridgehead atoms. The van der Waals surface area contributed by atoms with Gasteiger partial charge in [-0.1, -0.05) is 0 Å². The molecular weight excluding hydrogens is 335 g/mol. The van der Waals surface area contributed by atoms with Gasteiger partial charge >= 0.3 is 6.18 Å². The van der Waals surface area contributed by atoms with Crippen LogP contribution in [0.2, 0.25) is 0 Å². The van der Waals surface area contributed by atoms with E-state index >= 15 is 0 Å². The topological polar surface area (TPSA) is 42.1 Å². The van der Waals surface area contributed by atoms with Crippen molar-refractivity contribution in [2.75, 3.05) is 18.0 Å². The summed E-state index contributed by atoms with van der Waals surface area (Å²) in [6.07, 6.45) is 0.557. The highest BCUT2D eigenvalue weighted by Crippen LogP contribution is 2.39. The van der Waals surface area contributed by atoms with Gasteiger partial charge in [0.05, 0.1) is 5.56 Å². The standard InChI is InChI=1S/C13H17BrF3N3/c14-9-7-11(13(15,16)17)12(19-8-9)20(6-2-5-18)10-3-1-4-10/h7-8,10H,1-6,18H2. The van der Waals surface area contributed by atoms with Crippen LogP contribution in [0.4, 0.5) is 19.0 Å². The van der Waals surface area contributed by atoms with Crippen molar-refractivity contribution in [2.24, 2.45) is 5.73 Å². The number of halogens is 4. The maximum absolute atomic E-state index is 13.2. The van der Waals surface area contributed by atoms with E-state index in [9.17, 15) is 13.2 Å². The molecule has 2 rings (SSSR count). The third kappa shape index (κ3) is 3.44. The first kappa shape index (κ1) is 15.6. The van der Waals surface area contributed by atoms with Gasteiger partial charge in [-0.25, -0.2) is 4.98 Å². The number of hydrogen-bond donors (Lipinski definition) is 1. The summed E-state index contributed by atoms with van der Waals surface area (Å²) in [7, 11) is 0. The average Bonchev–Trinajstić information content (AvgIpc) is 2.31. The van der Waals surface area contributed by atoms with Crippen LogP contribution in [0.25, 0.3) is 0 Å². The number of pyridine rings is 1. The average molecular weight is 352 g/mol. The molecule has 1 aliphatic carbocycles. The number of rotatable bonds is 5. The summed E-state index contributed by atoms with van der Waals surface area (Å²) in [4.78, 5) is 5.79. The van der Waals surface area contributed by atoms with E-state index in [4.69, 9.17) is 5.73 Å². The second-order valence-corrected chi connectivity index (χ2v) is 5.86. The maximum Gasteiger partial charge on any atom is 0.419 e. The summed E-state index contributed by atoms with van der Waals surface area (Å²) in [5, 5.41) is 0. The Morgan fingerprint density at radius 1 is 1.40 bits per heavy atom. The first-order valence-electron chi connectivity index (χ1n) is 6.63. The zero-order chi connectivity index (χ0) is 14.8. The monoisotopic (exact) mass is 351 g/mol. The van der Waals surface area contributed by atoms with Crippen LogP contribution in [0.3, 0.4) is 0 Å². The molecule has 1 aromatic rings. The molecule has 2 N–H and O–H groups in total. The lowest BCUT2D eigenvalue weighted by Crippen LogP contribution is -2.43. The van der Waals surface area contributed by atoms with Gasteiger partial charge in [0.2, 0.25) is 0 Å². The molecule has 0 aromatic carbocycles. The summed E-state index contributed by atoms with van der Waals surface area (Å²) in [6, 6.07) is 1.24. The van der Waals surface area contributed by atoms with Crippen molar-refractivity contribution in [2.45, 2.75) is 37.9 Å². The molecule has 1 saturated carbocycles. The Hall–Kier alpha value is -0.820. The van der Waals surface area contributed by atoms with Crippen LogP contribution in [-0.4, -0.2) is 24.1 Å². The molecule has 0 spiro atoms. The van der Waals surface area contributed by atoms with Crippen LogP contribution in [-0.2, 0) is 6.18 Å². The SMILES string of the molecule is NCCCN(c1ncc(Br)cc1C(F)(F)F)C1CCC1. The van der Waals surface area contributed by atoms with Crippen LogP contribution in [0.15, 0.2) is 16.7 Å². The molecule has 1 fully saturated rings. The fraction of sp³-hybridized carbons (Fsp3) is 0.615. The Morgan fingerprint density at radius 2 is 2.10 bits per heavy atom. The predicted molar refractivity (Wildman–Crippen MR) is 75.6 cm³/mol.